The third-order valence-electron chi connectivity index (χ3n) is 2.32. The lowest BCUT2D eigenvalue weighted by Crippen LogP contribution is -2.01. The van der Waals surface area contributed by atoms with Gasteiger partial charge in [0.25, 0.3) is 5.82 Å². The fraction of sp³-hybridized carbons (Fsp3) is 0.111. The van der Waals surface area contributed by atoms with Gasteiger partial charge in [-0.1, -0.05) is 0 Å². The van der Waals surface area contributed by atoms with Crippen molar-refractivity contribution in [1.82, 2.24) is 34.5 Å². The van der Waals surface area contributed by atoms with Crippen LogP contribution in [-0.2, 0) is 7.05 Å². The fourth-order valence-electron chi connectivity index (χ4n) is 1.55. The monoisotopic (exact) mass is 226 g/mol. The van der Waals surface area contributed by atoms with Gasteiger partial charge < -0.3 is 0 Å². The van der Waals surface area contributed by atoms with Crippen LogP contribution in [0.25, 0.3) is 16.9 Å². The SMILES string of the molecule is Cn1ncc2c(-n3cnc(C#N)n3)ncnc21. The molecule has 0 unspecified atom stereocenters. The number of hydrogen-bond donors (Lipinski definition) is 0. The molecular formula is C9H6N8. The Kier molecular flexibility index (Phi) is 1.85. The van der Waals surface area contributed by atoms with E-state index in [0.29, 0.717) is 11.5 Å². The molecule has 8 nitrogen and oxygen atoms in total. The molecule has 0 atom stereocenters. The second kappa shape index (κ2) is 3.34. The zero-order valence-electron chi connectivity index (χ0n) is 8.81. The van der Waals surface area contributed by atoms with E-state index in [2.05, 4.69) is 25.1 Å². The molecule has 0 bridgehead atoms. The largest absolute Gasteiger partial charge is 0.252 e. The van der Waals surface area contributed by atoms with Crippen LogP contribution in [0.15, 0.2) is 18.9 Å². The Bertz CT molecular complexity index is 731. The average Bonchev–Trinajstić information content (AvgIpc) is 2.96. The van der Waals surface area contributed by atoms with Crippen molar-refractivity contribution in [3.05, 3.63) is 24.7 Å². The molecule has 3 aromatic rings. The number of aryl methyl sites for hydroxylation is 1. The lowest BCUT2D eigenvalue weighted by atomic mass is 10.4. The van der Waals surface area contributed by atoms with Crippen LogP contribution >= 0.6 is 0 Å². The van der Waals surface area contributed by atoms with E-state index in [9.17, 15) is 0 Å². The number of fused-ring (bicyclic) bond motifs is 1. The summed E-state index contributed by atoms with van der Waals surface area (Å²) < 4.78 is 3.08. The normalized spacial score (nSPS) is 10.6. The Hall–Kier alpha value is -2.82. The molecule has 0 saturated heterocycles. The van der Waals surface area contributed by atoms with E-state index >= 15 is 0 Å². The van der Waals surface area contributed by atoms with Gasteiger partial charge in [0, 0.05) is 7.05 Å². The van der Waals surface area contributed by atoms with Crippen molar-refractivity contribution in [2.24, 2.45) is 7.05 Å². The Labute approximate surface area is 95.2 Å². The van der Waals surface area contributed by atoms with Gasteiger partial charge in [-0.2, -0.15) is 10.4 Å². The topological polar surface area (TPSA) is 98.1 Å². The number of aromatic nitrogens is 7. The second-order valence-corrected chi connectivity index (χ2v) is 3.33. The summed E-state index contributed by atoms with van der Waals surface area (Å²) in [6.45, 7) is 0. The number of nitrogens with zero attached hydrogens (tertiary/aromatic N) is 8. The van der Waals surface area contributed by atoms with Gasteiger partial charge in [-0.15, -0.1) is 5.10 Å². The first-order valence-corrected chi connectivity index (χ1v) is 4.74. The van der Waals surface area contributed by atoms with E-state index < -0.39 is 0 Å². The van der Waals surface area contributed by atoms with Crippen molar-refractivity contribution in [2.75, 3.05) is 0 Å². The summed E-state index contributed by atoms with van der Waals surface area (Å²) in [5.41, 5.74) is 0.698. The minimum Gasteiger partial charge on any atom is -0.250 e. The van der Waals surface area contributed by atoms with Crippen LogP contribution in [0.1, 0.15) is 5.82 Å². The molecule has 0 amide bonds. The zero-order valence-corrected chi connectivity index (χ0v) is 8.81. The first-order chi connectivity index (χ1) is 8.29. The summed E-state index contributed by atoms with van der Waals surface area (Å²) in [4.78, 5) is 12.1. The summed E-state index contributed by atoms with van der Waals surface area (Å²) in [6.07, 6.45) is 4.51. The summed E-state index contributed by atoms with van der Waals surface area (Å²) in [7, 11) is 1.79. The van der Waals surface area contributed by atoms with Gasteiger partial charge in [-0.25, -0.2) is 19.6 Å². The lowest BCUT2D eigenvalue weighted by molar-refractivity contribution is 0.783. The zero-order chi connectivity index (χ0) is 11.8. The van der Waals surface area contributed by atoms with Crippen LogP contribution in [0.3, 0.4) is 0 Å². The molecule has 0 radical (unpaired) electrons. The molecule has 0 fully saturated rings. The van der Waals surface area contributed by atoms with Gasteiger partial charge in [0.15, 0.2) is 11.5 Å². The molecule has 0 aliphatic carbocycles. The Balaban J connectivity index is 2.27. The maximum atomic E-state index is 8.68. The van der Waals surface area contributed by atoms with Gasteiger partial charge in [0.05, 0.1) is 11.6 Å². The summed E-state index contributed by atoms with van der Waals surface area (Å²) in [6, 6.07) is 1.86. The van der Waals surface area contributed by atoms with Crippen molar-refractivity contribution < 1.29 is 0 Å². The van der Waals surface area contributed by atoms with E-state index in [1.54, 1.807) is 17.9 Å². The van der Waals surface area contributed by atoms with Crippen molar-refractivity contribution >= 4 is 11.0 Å². The van der Waals surface area contributed by atoms with Crippen LogP contribution in [0, 0.1) is 11.3 Å². The van der Waals surface area contributed by atoms with Crippen LogP contribution in [-0.4, -0.2) is 34.5 Å². The smallest absolute Gasteiger partial charge is 0.250 e. The van der Waals surface area contributed by atoms with Crippen molar-refractivity contribution in [1.29, 1.82) is 5.26 Å². The van der Waals surface area contributed by atoms with Gasteiger partial charge in [0.1, 0.15) is 18.7 Å². The average molecular weight is 226 g/mol. The predicted molar refractivity (Wildman–Crippen MR) is 55.9 cm³/mol. The summed E-state index contributed by atoms with van der Waals surface area (Å²) in [5.74, 6) is 0.651. The molecule has 0 aromatic carbocycles. The van der Waals surface area contributed by atoms with Gasteiger partial charge in [0.2, 0.25) is 0 Å². The molecule has 17 heavy (non-hydrogen) atoms. The number of hydrogen-bond acceptors (Lipinski definition) is 6. The minimum atomic E-state index is 0.0978. The predicted octanol–water partition coefficient (Wildman–Crippen LogP) is -0.184. The fourth-order valence-corrected chi connectivity index (χ4v) is 1.55. The third kappa shape index (κ3) is 1.33. The molecule has 0 saturated carbocycles. The summed E-state index contributed by atoms with van der Waals surface area (Å²) >= 11 is 0. The van der Waals surface area contributed by atoms with E-state index in [1.807, 2.05) is 6.07 Å². The molecule has 0 aliphatic rings. The number of rotatable bonds is 1. The maximum absolute atomic E-state index is 8.68. The van der Waals surface area contributed by atoms with Crippen molar-refractivity contribution in [3.63, 3.8) is 0 Å². The molecule has 82 valence electrons. The molecule has 0 aliphatic heterocycles. The highest BCUT2D eigenvalue weighted by molar-refractivity contribution is 5.81. The van der Waals surface area contributed by atoms with Crippen LogP contribution < -0.4 is 0 Å². The summed E-state index contributed by atoms with van der Waals surface area (Å²) in [5, 5.41) is 17.5. The van der Waals surface area contributed by atoms with E-state index in [4.69, 9.17) is 5.26 Å². The number of nitriles is 1. The van der Waals surface area contributed by atoms with E-state index in [1.165, 1.54) is 17.3 Å². The quantitative estimate of drug-likeness (QED) is 0.570. The van der Waals surface area contributed by atoms with Crippen LogP contribution in [0.2, 0.25) is 0 Å². The lowest BCUT2D eigenvalue weighted by Gasteiger charge is -1.99. The van der Waals surface area contributed by atoms with Crippen LogP contribution in [0.4, 0.5) is 0 Å². The van der Waals surface area contributed by atoms with Crippen molar-refractivity contribution in [2.45, 2.75) is 0 Å². The highest BCUT2D eigenvalue weighted by Crippen LogP contribution is 2.15. The first-order valence-electron chi connectivity index (χ1n) is 4.74. The van der Waals surface area contributed by atoms with Crippen molar-refractivity contribution in [3.8, 4) is 11.9 Å². The van der Waals surface area contributed by atoms with E-state index in [-0.39, 0.29) is 5.82 Å². The molecule has 3 rings (SSSR count). The second-order valence-electron chi connectivity index (χ2n) is 3.33. The molecular weight excluding hydrogens is 220 g/mol. The molecule has 3 aromatic heterocycles. The molecule has 8 heteroatoms. The first kappa shape index (κ1) is 9.41. The maximum Gasteiger partial charge on any atom is 0.252 e. The highest BCUT2D eigenvalue weighted by atomic mass is 15.4. The molecule has 0 N–H and O–H groups in total. The highest BCUT2D eigenvalue weighted by Gasteiger charge is 2.11. The van der Waals surface area contributed by atoms with Gasteiger partial charge in [-0.05, 0) is 0 Å². The molecule has 3 heterocycles. The Morgan fingerprint density at radius 3 is 2.94 bits per heavy atom. The Morgan fingerprint density at radius 2 is 2.18 bits per heavy atom. The van der Waals surface area contributed by atoms with Gasteiger partial charge >= 0.3 is 0 Å². The van der Waals surface area contributed by atoms with Crippen LogP contribution in [0.5, 0.6) is 0 Å². The standard InChI is InChI=1S/C9H6N8/c1-16-8-6(3-14-16)9(12-4-11-8)17-5-13-7(2-10)15-17/h3-5H,1H3. The van der Waals surface area contributed by atoms with Gasteiger partial charge in [-0.3, -0.25) is 4.68 Å². The minimum absolute atomic E-state index is 0.0978. The molecule has 0 spiro atoms. The van der Waals surface area contributed by atoms with E-state index in [0.717, 1.165) is 5.39 Å². The third-order valence-corrected chi connectivity index (χ3v) is 2.32. The Morgan fingerprint density at radius 1 is 1.29 bits per heavy atom.